The third-order valence-corrected chi connectivity index (χ3v) is 9.18. The number of ether oxygens (including phenoxy) is 2. The lowest BCUT2D eigenvalue weighted by Gasteiger charge is -2.42. The fourth-order valence-corrected chi connectivity index (χ4v) is 6.80. The van der Waals surface area contributed by atoms with Crippen molar-refractivity contribution in [2.24, 2.45) is 0 Å². The van der Waals surface area contributed by atoms with Crippen LogP contribution in [0.25, 0.3) is 21.5 Å². The van der Waals surface area contributed by atoms with Crippen molar-refractivity contribution in [3.05, 3.63) is 34.9 Å². The van der Waals surface area contributed by atoms with E-state index in [1.165, 1.54) is 25.1 Å². The number of fused-ring (bicyclic) bond motifs is 3. The Kier molecular flexibility index (Phi) is 9.91. The average Bonchev–Trinajstić information content (AvgIpc) is 3.05. The molecule has 0 bridgehead atoms. The first-order valence-corrected chi connectivity index (χ1v) is 15.5. The van der Waals surface area contributed by atoms with Gasteiger partial charge in [0.05, 0.1) is 35.4 Å². The third kappa shape index (κ3) is 6.36. The number of aldehydes is 1. The molecule has 5 rings (SSSR count). The number of nitrogens with one attached hydrogen (secondary N) is 2. The number of Topliss-reactive ketones (excluding diaryl/α,β-unsaturated/α-hetero) is 1. The Bertz CT molecular complexity index is 1900. The summed E-state index contributed by atoms with van der Waals surface area (Å²) in [7, 11) is 0. The summed E-state index contributed by atoms with van der Waals surface area (Å²) in [5.41, 5.74) is -2.96. The van der Waals surface area contributed by atoms with E-state index < -0.39 is 125 Å². The van der Waals surface area contributed by atoms with E-state index in [1.807, 2.05) is 0 Å². The molecule has 1 fully saturated rings. The zero-order valence-corrected chi connectivity index (χ0v) is 26.7. The van der Waals surface area contributed by atoms with Gasteiger partial charge < -0.3 is 61.0 Å². The molecule has 268 valence electrons. The molecule has 17 heteroatoms. The molecule has 17 nitrogen and oxygen atoms in total. The molecule has 2 unspecified atom stereocenters. The van der Waals surface area contributed by atoms with Crippen LogP contribution in [0.1, 0.15) is 60.7 Å². The number of hydrogen-bond donors (Lipinski definition) is 10. The van der Waals surface area contributed by atoms with Crippen molar-refractivity contribution in [3.63, 3.8) is 0 Å². The largest absolute Gasteiger partial charge is 0.507 e. The molecule has 3 aromatic rings. The van der Waals surface area contributed by atoms with E-state index in [0.717, 1.165) is 6.92 Å². The lowest BCUT2D eigenvalue weighted by Crippen LogP contribution is -2.59. The van der Waals surface area contributed by atoms with Gasteiger partial charge in [0.1, 0.15) is 47.4 Å². The molecule has 1 saturated heterocycles. The molecule has 2 aliphatic rings. The minimum Gasteiger partial charge on any atom is -0.507 e. The van der Waals surface area contributed by atoms with Crippen LogP contribution in [0.15, 0.2) is 18.2 Å². The predicted molar refractivity (Wildman–Crippen MR) is 169 cm³/mol. The molecule has 7 atom stereocenters. The van der Waals surface area contributed by atoms with Crippen LogP contribution in [0.4, 0.5) is 0 Å². The Morgan fingerprint density at radius 2 is 1.74 bits per heavy atom. The van der Waals surface area contributed by atoms with E-state index in [9.17, 15) is 64.8 Å². The van der Waals surface area contributed by atoms with Gasteiger partial charge in [-0.2, -0.15) is 0 Å². The second kappa shape index (κ2) is 13.7. The summed E-state index contributed by atoms with van der Waals surface area (Å²) >= 11 is 0. The molecule has 1 aliphatic carbocycles. The van der Waals surface area contributed by atoms with Crippen molar-refractivity contribution in [2.45, 2.75) is 81.8 Å². The van der Waals surface area contributed by atoms with E-state index in [2.05, 4.69) is 10.6 Å². The van der Waals surface area contributed by atoms with E-state index in [-0.39, 0.29) is 33.9 Å². The summed E-state index contributed by atoms with van der Waals surface area (Å²) in [6.07, 6.45) is -7.31. The molecule has 0 radical (unpaired) electrons. The van der Waals surface area contributed by atoms with E-state index in [1.54, 1.807) is 0 Å². The van der Waals surface area contributed by atoms with Gasteiger partial charge in [-0.15, -0.1) is 0 Å². The second-order valence-corrected chi connectivity index (χ2v) is 12.5. The molecule has 3 aromatic carbocycles. The standard InChI is InChI=1S/C33H36N2O15/c1-12-27(42)17(35-32(47)18(6-21(40)41)34-13(2)38)7-22(49-12)50-19-9-33(48,20(39)11-37)8-16-24(19)31(46)26-25(29(16)44)28(43)15-5-3-4-14(10-36)23(15)30(26)45/h3-5,10,12,17-19,22,27,37,42-46,48H,6-9,11H2,1-2H3,(H,34,38)(H,35,47)(H,40,41)/t12?,17-,18?,19+,22+,27-,33+/m1/s1. The molecule has 2 amide bonds. The molecular weight excluding hydrogens is 664 g/mol. The topological polar surface area (TPSA) is 290 Å². The lowest BCUT2D eigenvalue weighted by molar-refractivity contribution is -0.249. The molecular formula is C33H36N2O15. The zero-order chi connectivity index (χ0) is 36.8. The van der Waals surface area contributed by atoms with Gasteiger partial charge in [0.15, 0.2) is 18.4 Å². The number of hydrogen-bond acceptors (Lipinski definition) is 14. The van der Waals surface area contributed by atoms with Crippen molar-refractivity contribution in [1.29, 1.82) is 0 Å². The number of aliphatic hydroxyl groups is 3. The minimum absolute atomic E-state index is 0.0511. The lowest BCUT2D eigenvalue weighted by atomic mass is 9.74. The summed E-state index contributed by atoms with van der Waals surface area (Å²) in [5.74, 6) is -6.88. The molecule has 10 N–H and O–H groups in total. The number of aliphatic hydroxyl groups excluding tert-OH is 2. The quantitative estimate of drug-likeness (QED) is 0.0750. The average molecular weight is 701 g/mol. The maximum atomic E-state index is 13.0. The SMILES string of the molecule is CC(=O)NC(CC(=O)O)C(=O)N[C@@H]1C[C@H](O[C@H]2C[C@](O)(C(=O)CO)Cc3c2c(O)c2c(O)c4c(C=O)cccc4c(O)c2c3O)OC(C)[C@H]1O. The van der Waals surface area contributed by atoms with Crippen LogP contribution in [-0.4, -0.2) is 113 Å². The maximum absolute atomic E-state index is 13.0. The smallest absolute Gasteiger partial charge is 0.305 e. The van der Waals surface area contributed by atoms with Crippen LogP contribution >= 0.6 is 0 Å². The number of carboxylic acid groups (broad SMARTS) is 1. The number of phenolic OH excluding ortho intramolecular Hbond substituents is 4. The number of rotatable bonds is 10. The number of aliphatic carboxylic acids is 1. The van der Waals surface area contributed by atoms with Crippen LogP contribution in [-0.2, 0) is 35.1 Å². The first-order valence-electron chi connectivity index (χ1n) is 15.5. The van der Waals surface area contributed by atoms with Crippen molar-refractivity contribution in [3.8, 4) is 23.0 Å². The van der Waals surface area contributed by atoms with Crippen LogP contribution in [0.3, 0.4) is 0 Å². The maximum Gasteiger partial charge on any atom is 0.305 e. The zero-order valence-electron chi connectivity index (χ0n) is 26.7. The van der Waals surface area contributed by atoms with Gasteiger partial charge in [0.25, 0.3) is 0 Å². The number of benzene rings is 3. The number of ketones is 1. The van der Waals surface area contributed by atoms with E-state index in [4.69, 9.17) is 9.47 Å². The summed E-state index contributed by atoms with van der Waals surface area (Å²) in [6.45, 7) is 1.39. The van der Waals surface area contributed by atoms with Gasteiger partial charge in [0, 0.05) is 53.6 Å². The summed E-state index contributed by atoms with van der Waals surface area (Å²) < 4.78 is 11.9. The minimum atomic E-state index is -2.39. The highest BCUT2D eigenvalue weighted by Crippen LogP contribution is 2.56. The fraction of sp³-hybridized carbons (Fsp3) is 0.424. The Labute approximate surface area is 282 Å². The van der Waals surface area contributed by atoms with E-state index >= 15 is 0 Å². The van der Waals surface area contributed by atoms with Gasteiger partial charge in [0.2, 0.25) is 11.8 Å². The first-order chi connectivity index (χ1) is 23.5. The number of phenols is 4. The summed E-state index contributed by atoms with van der Waals surface area (Å²) in [6, 6.07) is 1.48. The summed E-state index contributed by atoms with van der Waals surface area (Å²) in [4.78, 5) is 60.5. The number of carboxylic acids is 1. The Morgan fingerprint density at radius 3 is 2.36 bits per heavy atom. The molecule has 50 heavy (non-hydrogen) atoms. The van der Waals surface area contributed by atoms with Gasteiger partial charge in [-0.3, -0.25) is 24.0 Å². The molecule has 1 heterocycles. The molecule has 0 saturated carbocycles. The number of amides is 2. The van der Waals surface area contributed by atoms with Gasteiger partial charge >= 0.3 is 5.97 Å². The molecule has 0 spiro atoms. The van der Waals surface area contributed by atoms with Crippen LogP contribution in [0, 0.1) is 0 Å². The van der Waals surface area contributed by atoms with Crippen molar-refractivity contribution in [1.82, 2.24) is 10.6 Å². The highest BCUT2D eigenvalue weighted by Gasteiger charge is 2.48. The van der Waals surface area contributed by atoms with Gasteiger partial charge in [-0.25, -0.2) is 0 Å². The second-order valence-electron chi connectivity index (χ2n) is 12.5. The molecule has 1 aliphatic heterocycles. The highest BCUT2D eigenvalue weighted by atomic mass is 16.7. The number of carbonyl (C=O) groups excluding carboxylic acids is 4. The normalized spacial score (nSPS) is 25.4. The van der Waals surface area contributed by atoms with Crippen molar-refractivity contribution >= 4 is 51.4 Å². The van der Waals surface area contributed by atoms with Crippen molar-refractivity contribution < 1.29 is 74.3 Å². The Morgan fingerprint density at radius 1 is 1.06 bits per heavy atom. The monoisotopic (exact) mass is 700 g/mol. The van der Waals surface area contributed by atoms with E-state index in [0.29, 0.717) is 6.29 Å². The van der Waals surface area contributed by atoms with Gasteiger partial charge in [-0.05, 0) is 6.92 Å². The Hall–Kier alpha value is -5.07. The van der Waals surface area contributed by atoms with Gasteiger partial charge in [-0.1, -0.05) is 18.2 Å². The summed E-state index contributed by atoms with van der Waals surface area (Å²) in [5, 5.41) is 90.6. The first kappa shape index (κ1) is 36.2. The number of aromatic hydroxyl groups is 4. The number of carbonyl (C=O) groups is 5. The predicted octanol–water partition coefficient (Wildman–Crippen LogP) is -0.116. The highest BCUT2D eigenvalue weighted by molar-refractivity contribution is 6.18. The molecule has 0 aromatic heterocycles. The van der Waals surface area contributed by atoms with Crippen LogP contribution in [0.5, 0.6) is 23.0 Å². The van der Waals surface area contributed by atoms with Crippen LogP contribution < -0.4 is 10.6 Å². The Balaban J connectivity index is 1.59. The van der Waals surface area contributed by atoms with Crippen molar-refractivity contribution in [2.75, 3.05) is 6.61 Å². The fourth-order valence-electron chi connectivity index (χ4n) is 6.80. The third-order valence-electron chi connectivity index (χ3n) is 9.18. The van der Waals surface area contributed by atoms with Crippen LogP contribution in [0.2, 0.25) is 0 Å².